The van der Waals surface area contributed by atoms with Crippen molar-refractivity contribution < 1.29 is 18.0 Å². The molecule has 3 heterocycles. The Morgan fingerprint density at radius 2 is 1.93 bits per heavy atom. The van der Waals surface area contributed by atoms with Crippen LogP contribution in [0.5, 0.6) is 0 Å². The van der Waals surface area contributed by atoms with Crippen molar-refractivity contribution in [3.8, 4) is 22.4 Å². The number of nitrogens with zero attached hydrogens (tertiary/aromatic N) is 4. The Labute approximate surface area is 163 Å². The van der Waals surface area contributed by atoms with Gasteiger partial charge in [-0.05, 0) is 29.8 Å². The van der Waals surface area contributed by atoms with Crippen LogP contribution in [0.2, 0.25) is 0 Å². The van der Waals surface area contributed by atoms with Crippen molar-refractivity contribution in [3.05, 3.63) is 54.4 Å². The van der Waals surface area contributed by atoms with Gasteiger partial charge in [0.05, 0.1) is 5.56 Å². The zero-order chi connectivity index (χ0) is 20.6. The molecule has 3 aromatic rings. The first-order valence-corrected chi connectivity index (χ1v) is 8.66. The highest BCUT2D eigenvalue weighted by Gasteiger charge is 2.31. The van der Waals surface area contributed by atoms with Crippen LogP contribution in [0.25, 0.3) is 22.4 Å². The standard InChI is InChI=1S/C19H15F3N6O/c20-19(21,22)13-3-1-2-12(8-13)18-14(11-6-7-24-15(23)9-11)10-28(27-18)16-4-5-17(29)26-25-16/h1-3,6-10H,4-5H2,(H2,23,24)(H,26,29). The van der Waals surface area contributed by atoms with Crippen molar-refractivity contribution in [2.24, 2.45) is 5.10 Å². The Balaban J connectivity index is 1.87. The Morgan fingerprint density at radius 3 is 2.62 bits per heavy atom. The van der Waals surface area contributed by atoms with Crippen LogP contribution in [0.4, 0.5) is 19.0 Å². The Kier molecular flexibility index (Phi) is 4.53. The van der Waals surface area contributed by atoms with E-state index in [2.05, 4.69) is 20.6 Å². The van der Waals surface area contributed by atoms with Gasteiger partial charge in [-0.15, -0.1) is 0 Å². The lowest BCUT2D eigenvalue weighted by Crippen LogP contribution is -2.29. The van der Waals surface area contributed by atoms with Gasteiger partial charge in [0.25, 0.3) is 0 Å². The number of nitrogens with two attached hydrogens (primary N) is 1. The van der Waals surface area contributed by atoms with E-state index in [0.717, 1.165) is 12.1 Å². The minimum absolute atomic E-state index is 0.207. The number of nitrogen functional groups attached to an aromatic ring is 1. The number of nitrogens with one attached hydrogen (secondary N) is 1. The van der Waals surface area contributed by atoms with E-state index < -0.39 is 11.7 Å². The highest BCUT2D eigenvalue weighted by molar-refractivity contribution is 5.93. The predicted octanol–water partition coefficient (Wildman–Crippen LogP) is 3.28. The van der Waals surface area contributed by atoms with Crippen molar-refractivity contribution in [3.63, 3.8) is 0 Å². The van der Waals surface area contributed by atoms with E-state index >= 15 is 0 Å². The zero-order valence-electron chi connectivity index (χ0n) is 14.9. The summed E-state index contributed by atoms with van der Waals surface area (Å²) in [6.07, 6.45) is -0.711. The first-order chi connectivity index (χ1) is 13.8. The molecule has 0 aliphatic carbocycles. The van der Waals surface area contributed by atoms with Crippen molar-refractivity contribution in [1.29, 1.82) is 0 Å². The zero-order valence-corrected chi connectivity index (χ0v) is 14.9. The molecule has 0 bridgehead atoms. The van der Waals surface area contributed by atoms with E-state index in [9.17, 15) is 18.0 Å². The van der Waals surface area contributed by atoms with E-state index in [1.807, 2.05) is 0 Å². The molecule has 1 aliphatic heterocycles. The lowest BCUT2D eigenvalue weighted by Gasteiger charge is -2.11. The Bertz CT molecular complexity index is 1120. The van der Waals surface area contributed by atoms with E-state index in [1.54, 1.807) is 24.4 Å². The molecule has 2 aromatic heterocycles. The highest BCUT2D eigenvalue weighted by Crippen LogP contribution is 2.35. The largest absolute Gasteiger partial charge is 0.416 e. The smallest absolute Gasteiger partial charge is 0.384 e. The van der Waals surface area contributed by atoms with Gasteiger partial charge >= 0.3 is 6.18 Å². The fourth-order valence-corrected chi connectivity index (χ4v) is 3.02. The summed E-state index contributed by atoms with van der Waals surface area (Å²) in [5.74, 6) is 0.541. The molecule has 29 heavy (non-hydrogen) atoms. The fraction of sp³-hybridized carbons (Fsp3) is 0.158. The summed E-state index contributed by atoms with van der Waals surface area (Å²) in [6.45, 7) is 0. The number of hydrazone groups is 1. The second kappa shape index (κ2) is 7.04. The maximum atomic E-state index is 13.2. The molecule has 1 aromatic carbocycles. The molecule has 10 heteroatoms. The molecule has 0 spiro atoms. The summed E-state index contributed by atoms with van der Waals surface area (Å²) in [5.41, 5.74) is 9.24. The topological polar surface area (TPSA) is 98.2 Å². The van der Waals surface area contributed by atoms with Crippen LogP contribution in [0.1, 0.15) is 18.4 Å². The summed E-state index contributed by atoms with van der Waals surface area (Å²) >= 11 is 0. The molecule has 4 rings (SSSR count). The number of hydrogen-bond acceptors (Lipinski definition) is 5. The molecule has 7 nitrogen and oxygen atoms in total. The lowest BCUT2D eigenvalue weighted by atomic mass is 10.0. The molecule has 0 saturated carbocycles. The maximum absolute atomic E-state index is 13.2. The quantitative estimate of drug-likeness (QED) is 0.690. The SMILES string of the molecule is Nc1cc(-c2cn(C3=NNC(=O)CC3)nc2-c2cccc(C(F)(F)F)c2)ccn1. The second-order valence-corrected chi connectivity index (χ2v) is 6.45. The number of amides is 1. The van der Waals surface area contributed by atoms with Gasteiger partial charge in [-0.2, -0.15) is 23.4 Å². The third-order valence-corrected chi connectivity index (χ3v) is 4.42. The van der Waals surface area contributed by atoms with Crippen LogP contribution >= 0.6 is 0 Å². The first-order valence-electron chi connectivity index (χ1n) is 8.66. The molecule has 0 unspecified atom stereocenters. The predicted molar refractivity (Wildman–Crippen MR) is 101 cm³/mol. The average Bonchev–Trinajstić information content (AvgIpc) is 3.13. The molecular weight excluding hydrogens is 385 g/mol. The number of carbonyl (C=O) groups excluding carboxylic acids is 1. The van der Waals surface area contributed by atoms with E-state index in [-0.39, 0.29) is 18.1 Å². The lowest BCUT2D eigenvalue weighted by molar-refractivity contribution is -0.137. The fourth-order valence-electron chi connectivity index (χ4n) is 3.02. The van der Waals surface area contributed by atoms with Gasteiger partial charge in [0.1, 0.15) is 11.5 Å². The Morgan fingerprint density at radius 1 is 1.10 bits per heavy atom. The highest BCUT2D eigenvalue weighted by atomic mass is 19.4. The molecule has 148 valence electrons. The number of aromatic nitrogens is 3. The molecule has 3 N–H and O–H groups in total. The number of benzene rings is 1. The third kappa shape index (κ3) is 3.82. The van der Waals surface area contributed by atoms with Crippen LogP contribution < -0.4 is 11.2 Å². The summed E-state index contributed by atoms with van der Waals surface area (Å²) in [7, 11) is 0. The van der Waals surface area contributed by atoms with Crippen LogP contribution in [0.3, 0.4) is 0 Å². The minimum Gasteiger partial charge on any atom is -0.384 e. The number of anilines is 1. The molecular formula is C19H15F3N6O. The molecule has 0 radical (unpaired) electrons. The van der Waals surface area contributed by atoms with Gasteiger partial charge in [0, 0.05) is 36.4 Å². The van der Waals surface area contributed by atoms with Gasteiger partial charge in [-0.1, -0.05) is 12.1 Å². The maximum Gasteiger partial charge on any atom is 0.416 e. The van der Waals surface area contributed by atoms with E-state index in [0.29, 0.717) is 34.6 Å². The summed E-state index contributed by atoms with van der Waals surface area (Å²) < 4.78 is 41.0. The Hall–Kier alpha value is -3.69. The molecule has 1 aliphatic rings. The number of hydrogen-bond donors (Lipinski definition) is 2. The number of pyridine rings is 1. The summed E-state index contributed by atoms with van der Waals surface area (Å²) in [5, 5.41) is 8.46. The number of rotatable bonds is 2. The number of carbonyl (C=O) groups is 1. The number of halogens is 3. The van der Waals surface area contributed by atoms with Crippen molar-refractivity contribution in [2.45, 2.75) is 19.0 Å². The molecule has 0 atom stereocenters. The molecule has 1 amide bonds. The summed E-state index contributed by atoms with van der Waals surface area (Å²) in [4.78, 5) is 15.3. The van der Waals surface area contributed by atoms with E-state index in [1.165, 1.54) is 16.9 Å². The van der Waals surface area contributed by atoms with Crippen LogP contribution in [-0.4, -0.2) is 26.5 Å². The normalized spacial score (nSPS) is 14.4. The van der Waals surface area contributed by atoms with Crippen molar-refractivity contribution in [1.82, 2.24) is 20.2 Å². The average molecular weight is 400 g/mol. The first kappa shape index (κ1) is 18.7. The van der Waals surface area contributed by atoms with Gasteiger partial charge < -0.3 is 5.73 Å². The van der Waals surface area contributed by atoms with Crippen molar-refractivity contribution in [2.75, 3.05) is 5.73 Å². The van der Waals surface area contributed by atoms with E-state index in [4.69, 9.17) is 5.73 Å². The second-order valence-electron chi connectivity index (χ2n) is 6.45. The summed E-state index contributed by atoms with van der Waals surface area (Å²) in [6, 6.07) is 8.25. The van der Waals surface area contributed by atoms with Gasteiger partial charge in [-0.3, -0.25) is 4.79 Å². The van der Waals surface area contributed by atoms with Crippen LogP contribution in [0, 0.1) is 0 Å². The van der Waals surface area contributed by atoms with Gasteiger partial charge in [0.15, 0.2) is 5.84 Å². The molecule has 0 fully saturated rings. The minimum atomic E-state index is -4.47. The monoisotopic (exact) mass is 400 g/mol. The van der Waals surface area contributed by atoms with Gasteiger partial charge in [0.2, 0.25) is 5.91 Å². The van der Waals surface area contributed by atoms with Crippen molar-refractivity contribution >= 4 is 17.6 Å². The van der Waals surface area contributed by atoms with Crippen LogP contribution in [-0.2, 0) is 11.0 Å². The number of alkyl halides is 3. The van der Waals surface area contributed by atoms with Crippen LogP contribution in [0.15, 0.2) is 53.9 Å². The third-order valence-electron chi connectivity index (χ3n) is 4.42. The van der Waals surface area contributed by atoms with Gasteiger partial charge in [-0.25, -0.2) is 15.1 Å². The molecule has 0 saturated heterocycles.